The quantitative estimate of drug-likeness (QED) is 0.914. The van der Waals surface area contributed by atoms with E-state index in [1.807, 2.05) is 12.3 Å². The number of nitrogens with one attached hydrogen (secondary N) is 1. The number of aromatic nitrogens is 1. The summed E-state index contributed by atoms with van der Waals surface area (Å²) in [5.74, 6) is 2.79. The normalized spacial score (nSPS) is 32.9. The molecule has 3 nitrogen and oxygen atoms in total. The van der Waals surface area contributed by atoms with Gasteiger partial charge in [-0.1, -0.05) is 24.3 Å². The summed E-state index contributed by atoms with van der Waals surface area (Å²) in [5.41, 5.74) is 2.25. The molecule has 25 heavy (non-hydrogen) atoms. The summed E-state index contributed by atoms with van der Waals surface area (Å²) in [4.78, 5) is 17.5. The van der Waals surface area contributed by atoms with Gasteiger partial charge in [0.15, 0.2) is 0 Å². The molecule has 0 aliphatic heterocycles. The smallest absolute Gasteiger partial charge is 0.226 e. The number of carbonyl (C=O) groups excluding carboxylic acids is 1. The Hall–Kier alpha value is -1.90. The van der Waals surface area contributed by atoms with Crippen LogP contribution >= 0.6 is 0 Å². The molecule has 2 aromatic rings. The summed E-state index contributed by atoms with van der Waals surface area (Å²) in [6, 6.07) is 10.4. The zero-order chi connectivity index (χ0) is 16.9. The van der Waals surface area contributed by atoms with E-state index in [1.54, 1.807) is 0 Å². The number of amides is 1. The number of rotatable bonds is 4. The van der Waals surface area contributed by atoms with Crippen molar-refractivity contribution in [1.82, 2.24) is 10.3 Å². The number of carbonyl (C=O) groups is 1. The van der Waals surface area contributed by atoms with E-state index >= 15 is 0 Å². The topological polar surface area (TPSA) is 42.0 Å². The minimum atomic E-state index is -0.0360. The number of nitrogens with zero attached hydrogens (tertiary/aromatic N) is 1. The van der Waals surface area contributed by atoms with Gasteiger partial charge in [0.05, 0.1) is 5.52 Å². The van der Waals surface area contributed by atoms with Crippen molar-refractivity contribution in [2.45, 2.75) is 44.9 Å². The van der Waals surface area contributed by atoms with Crippen molar-refractivity contribution in [2.24, 2.45) is 23.2 Å². The van der Waals surface area contributed by atoms with E-state index in [-0.39, 0.29) is 5.41 Å². The molecular formula is C22H26N2O. The van der Waals surface area contributed by atoms with Crippen LogP contribution in [0, 0.1) is 23.2 Å². The first-order valence-electron chi connectivity index (χ1n) is 9.83. The SMILES string of the molecule is O=C(NCCc1cccc2cccnc12)C12CC3CC(CC(C3)C1)C2. The predicted octanol–water partition coefficient (Wildman–Crippen LogP) is 4.11. The van der Waals surface area contributed by atoms with Crippen LogP contribution in [0.5, 0.6) is 0 Å². The minimum absolute atomic E-state index is 0.0360. The molecule has 4 aliphatic rings. The molecule has 1 aromatic carbocycles. The Morgan fingerprint density at radius 3 is 2.44 bits per heavy atom. The summed E-state index contributed by atoms with van der Waals surface area (Å²) in [5, 5.41) is 4.46. The molecule has 0 radical (unpaired) electrons. The molecule has 1 N–H and O–H groups in total. The van der Waals surface area contributed by atoms with E-state index in [9.17, 15) is 4.79 Å². The third-order valence-corrected chi connectivity index (χ3v) is 6.92. The van der Waals surface area contributed by atoms with E-state index < -0.39 is 0 Å². The molecule has 4 fully saturated rings. The van der Waals surface area contributed by atoms with Gasteiger partial charge in [-0.2, -0.15) is 0 Å². The lowest BCUT2D eigenvalue weighted by Gasteiger charge is -2.55. The van der Waals surface area contributed by atoms with E-state index in [0.717, 1.165) is 55.5 Å². The maximum absolute atomic E-state index is 13.0. The molecule has 1 heterocycles. The van der Waals surface area contributed by atoms with Gasteiger partial charge in [0.1, 0.15) is 0 Å². The number of fused-ring (bicyclic) bond motifs is 1. The molecule has 130 valence electrons. The van der Waals surface area contributed by atoms with Gasteiger partial charge in [0.25, 0.3) is 0 Å². The largest absolute Gasteiger partial charge is 0.355 e. The van der Waals surface area contributed by atoms with Crippen LogP contribution in [0.2, 0.25) is 0 Å². The molecule has 0 spiro atoms. The van der Waals surface area contributed by atoms with Crippen molar-refractivity contribution in [3.8, 4) is 0 Å². The minimum Gasteiger partial charge on any atom is -0.355 e. The third-order valence-electron chi connectivity index (χ3n) is 6.92. The van der Waals surface area contributed by atoms with E-state index in [2.05, 4.69) is 34.6 Å². The van der Waals surface area contributed by atoms with E-state index in [4.69, 9.17) is 0 Å². The van der Waals surface area contributed by atoms with Crippen molar-refractivity contribution < 1.29 is 4.79 Å². The van der Waals surface area contributed by atoms with Crippen LogP contribution < -0.4 is 5.32 Å². The van der Waals surface area contributed by atoms with Crippen molar-refractivity contribution >= 4 is 16.8 Å². The van der Waals surface area contributed by atoms with Crippen molar-refractivity contribution in [3.63, 3.8) is 0 Å². The van der Waals surface area contributed by atoms with E-state index in [0.29, 0.717) is 5.91 Å². The van der Waals surface area contributed by atoms with Gasteiger partial charge < -0.3 is 5.32 Å². The van der Waals surface area contributed by atoms with Crippen LogP contribution in [-0.2, 0) is 11.2 Å². The monoisotopic (exact) mass is 334 g/mol. The molecule has 4 bridgehead atoms. The Balaban J connectivity index is 1.26. The fraction of sp³-hybridized carbons (Fsp3) is 0.545. The molecular weight excluding hydrogens is 308 g/mol. The predicted molar refractivity (Wildman–Crippen MR) is 99.1 cm³/mol. The fourth-order valence-corrected chi connectivity index (χ4v) is 6.26. The highest BCUT2D eigenvalue weighted by Crippen LogP contribution is 2.60. The summed E-state index contributed by atoms with van der Waals surface area (Å²) in [6.45, 7) is 0.719. The zero-order valence-electron chi connectivity index (χ0n) is 14.7. The molecule has 0 unspecified atom stereocenters. The summed E-state index contributed by atoms with van der Waals surface area (Å²) >= 11 is 0. The van der Waals surface area contributed by atoms with Gasteiger partial charge in [0, 0.05) is 23.5 Å². The van der Waals surface area contributed by atoms with Crippen LogP contribution in [0.4, 0.5) is 0 Å². The lowest BCUT2D eigenvalue weighted by atomic mass is 9.49. The molecule has 4 saturated carbocycles. The molecule has 6 rings (SSSR count). The van der Waals surface area contributed by atoms with Crippen molar-refractivity contribution in [3.05, 3.63) is 42.1 Å². The van der Waals surface area contributed by atoms with Crippen LogP contribution in [-0.4, -0.2) is 17.4 Å². The number of hydrogen-bond donors (Lipinski definition) is 1. The fourth-order valence-electron chi connectivity index (χ4n) is 6.26. The Bertz CT molecular complexity index is 772. The Morgan fingerprint density at radius 1 is 1.04 bits per heavy atom. The molecule has 3 heteroatoms. The Morgan fingerprint density at radius 2 is 1.72 bits per heavy atom. The molecule has 0 atom stereocenters. The van der Waals surface area contributed by atoms with Crippen LogP contribution in [0.3, 0.4) is 0 Å². The second-order valence-corrected chi connectivity index (χ2v) is 8.70. The van der Waals surface area contributed by atoms with Gasteiger partial charge in [-0.05, 0) is 74.3 Å². The number of para-hydroxylation sites is 1. The van der Waals surface area contributed by atoms with Gasteiger partial charge in [0.2, 0.25) is 5.91 Å². The summed E-state index contributed by atoms with van der Waals surface area (Å²) in [6.07, 6.45) is 10.3. The second-order valence-electron chi connectivity index (χ2n) is 8.70. The second kappa shape index (κ2) is 5.82. The molecule has 0 saturated heterocycles. The van der Waals surface area contributed by atoms with Gasteiger partial charge in [-0.15, -0.1) is 0 Å². The van der Waals surface area contributed by atoms with E-state index in [1.165, 1.54) is 30.2 Å². The summed E-state index contributed by atoms with van der Waals surface area (Å²) in [7, 11) is 0. The van der Waals surface area contributed by atoms with Gasteiger partial charge in [-0.25, -0.2) is 0 Å². The summed E-state index contributed by atoms with van der Waals surface area (Å²) < 4.78 is 0. The Labute approximate surface area is 149 Å². The first-order chi connectivity index (χ1) is 12.2. The number of benzene rings is 1. The van der Waals surface area contributed by atoms with Crippen molar-refractivity contribution in [2.75, 3.05) is 6.54 Å². The molecule has 4 aliphatic carbocycles. The number of pyridine rings is 1. The first kappa shape index (κ1) is 15.4. The molecule has 1 amide bonds. The maximum atomic E-state index is 13.0. The maximum Gasteiger partial charge on any atom is 0.226 e. The highest BCUT2D eigenvalue weighted by Gasteiger charge is 2.54. The zero-order valence-corrected chi connectivity index (χ0v) is 14.7. The van der Waals surface area contributed by atoms with Crippen LogP contribution in [0.1, 0.15) is 44.1 Å². The lowest BCUT2D eigenvalue weighted by molar-refractivity contribution is -0.146. The van der Waals surface area contributed by atoms with Gasteiger partial charge in [-0.3, -0.25) is 9.78 Å². The Kier molecular flexibility index (Phi) is 3.58. The standard InChI is InChI=1S/C22H26N2O/c25-21(22-12-15-9-16(13-22)11-17(10-15)14-22)24-8-6-19-4-1-3-18-5-2-7-23-20(18)19/h1-5,7,15-17H,6,8-14H2,(H,24,25). The first-order valence-corrected chi connectivity index (χ1v) is 9.83. The lowest BCUT2D eigenvalue weighted by Crippen LogP contribution is -2.53. The highest BCUT2D eigenvalue weighted by atomic mass is 16.2. The average molecular weight is 334 g/mol. The molecule has 1 aromatic heterocycles. The van der Waals surface area contributed by atoms with Gasteiger partial charge >= 0.3 is 0 Å². The third kappa shape index (κ3) is 2.65. The van der Waals surface area contributed by atoms with Crippen LogP contribution in [0.25, 0.3) is 10.9 Å². The average Bonchev–Trinajstić information content (AvgIpc) is 2.61. The van der Waals surface area contributed by atoms with Crippen LogP contribution in [0.15, 0.2) is 36.5 Å². The highest BCUT2D eigenvalue weighted by molar-refractivity contribution is 5.84. The van der Waals surface area contributed by atoms with Crippen molar-refractivity contribution in [1.29, 1.82) is 0 Å². The number of hydrogen-bond acceptors (Lipinski definition) is 2.